The lowest BCUT2D eigenvalue weighted by molar-refractivity contribution is -0.207. The van der Waals surface area contributed by atoms with Gasteiger partial charge in [0.05, 0.1) is 28.7 Å². The molecule has 0 amide bonds. The van der Waals surface area contributed by atoms with Gasteiger partial charge in [-0.3, -0.25) is 4.68 Å². The number of halogens is 1. The van der Waals surface area contributed by atoms with Crippen LogP contribution in [0.15, 0.2) is 16.9 Å². The van der Waals surface area contributed by atoms with Gasteiger partial charge in [-0.2, -0.15) is 5.10 Å². The molecule has 1 aliphatic heterocycles. The molecule has 0 unspecified atom stereocenters. The van der Waals surface area contributed by atoms with Crippen molar-refractivity contribution < 1.29 is 9.63 Å². The van der Waals surface area contributed by atoms with Crippen LogP contribution >= 0.6 is 15.9 Å². The van der Waals surface area contributed by atoms with Crippen LogP contribution in [-0.2, 0) is 9.63 Å². The summed E-state index contributed by atoms with van der Waals surface area (Å²) in [6.45, 7) is 7.07. The van der Waals surface area contributed by atoms with Crippen LogP contribution in [0.25, 0.3) is 0 Å². The highest BCUT2D eigenvalue weighted by molar-refractivity contribution is 9.10. The van der Waals surface area contributed by atoms with Crippen LogP contribution in [0.1, 0.15) is 39.7 Å². The standard InChI is InChI=1S/C13H20BrN3O2/c1-13(2,3)12(18)19-16-6-4-5-11(9-16)17-8-10(14)7-15-17/h7-8,11H,4-6,9H2,1-3H3/t11-/m1/s1. The maximum absolute atomic E-state index is 11.9. The minimum Gasteiger partial charge on any atom is -0.367 e. The Morgan fingerprint density at radius 1 is 1.53 bits per heavy atom. The molecule has 2 rings (SSSR count). The second-order valence-corrected chi connectivity index (χ2v) is 6.87. The Kier molecular flexibility index (Phi) is 4.30. The fraction of sp³-hybridized carbons (Fsp3) is 0.692. The number of hydroxylamine groups is 2. The molecule has 2 heterocycles. The van der Waals surface area contributed by atoms with Gasteiger partial charge in [-0.15, -0.1) is 5.06 Å². The SMILES string of the molecule is CC(C)(C)C(=O)ON1CCC[C@@H](n2cc(Br)cn2)C1. The largest absolute Gasteiger partial charge is 0.367 e. The summed E-state index contributed by atoms with van der Waals surface area (Å²) >= 11 is 3.40. The van der Waals surface area contributed by atoms with E-state index in [1.165, 1.54) is 0 Å². The molecule has 1 aromatic heterocycles. The van der Waals surface area contributed by atoms with Crippen LogP contribution in [0.2, 0.25) is 0 Å². The van der Waals surface area contributed by atoms with Crippen molar-refractivity contribution in [3.8, 4) is 0 Å². The highest BCUT2D eigenvalue weighted by Gasteiger charge is 2.29. The molecule has 0 saturated carbocycles. The molecular weight excluding hydrogens is 310 g/mol. The summed E-state index contributed by atoms with van der Waals surface area (Å²) in [7, 11) is 0. The molecular formula is C13H20BrN3O2. The van der Waals surface area contributed by atoms with Crippen molar-refractivity contribution in [2.45, 2.75) is 39.7 Å². The number of nitrogens with zero attached hydrogens (tertiary/aromatic N) is 3. The summed E-state index contributed by atoms with van der Waals surface area (Å²) in [5, 5.41) is 6.07. The minimum absolute atomic E-state index is 0.185. The molecule has 0 spiro atoms. The zero-order chi connectivity index (χ0) is 14.0. The van der Waals surface area contributed by atoms with Crippen LogP contribution in [0.5, 0.6) is 0 Å². The summed E-state index contributed by atoms with van der Waals surface area (Å²) in [6, 6.07) is 0.257. The number of carbonyl (C=O) groups is 1. The highest BCUT2D eigenvalue weighted by atomic mass is 79.9. The number of rotatable bonds is 2. The van der Waals surface area contributed by atoms with Crippen LogP contribution in [0.3, 0.4) is 0 Å². The third-order valence-electron chi connectivity index (χ3n) is 3.13. The molecule has 0 aromatic carbocycles. The van der Waals surface area contributed by atoms with Crippen molar-refractivity contribution >= 4 is 21.9 Å². The van der Waals surface area contributed by atoms with Crippen molar-refractivity contribution in [3.05, 3.63) is 16.9 Å². The van der Waals surface area contributed by atoms with Crippen molar-refractivity contribution in [1.29, 1.82) is 0 Å². The van der Waals surface area contributed by atoms with E-state index >= 15 is 0 Å². The number of piperidine rings is 1. The predicted octanol–water partition coefficient (Wildman–Crippen LogP) is 2.79. The predicted molar refractivity (Wildman–Crippen MR) is 75.3 cm³/mol. The molecule has 1 aromatic rings. The molecule has 0 radical (unpaired) electrons. The molecule has 1 aliphatic rings. The third kappa shape index (κ3) is 3.79. The molecule has 106 valence electrons. The van der Waals surface area contributed by atoms with Crippen molar-refractivity contribution in [2.24, 2.45) is 5.41 Å². The topological polar surface area (TPSA) is 47.4 Å². The van der Waals surface area contributed by atoms with Gasteiger partial charge in [0.25, 0.3) is 0 Å². The molecule has 0 bridgehead atoms. The minimum atomic E-state index is -0.471. The Morgan fingerprint density at radius 3 is 2.84 bits per heavy atom. The maximum atomic E-state index is 11.9. The zero-order valence-corrected chi connectivity index (χ0v) is 13.2. The lowest BCUT2D eigenvalue weighted by Gasteiger charge is -2.32. The van der Waals surface area contributed by atoms with Gasteiger partial charge in [-0.1, -0.05) is 0 Å². The number of aromatic nitrogens is 2. The first kappa shape index (κ1) is 14.5. The second-order valence-electron chi connectivity index (χ2n) is 5.95. The van der Waals surface area contributed by atoms with Gasteiger partial charge in [0.15, 0.2) is 0 Å². The molecule has 1 atom stereocenters. The fourth-order valence-electron chi connectivity index (χ4n) is 1.99. The zero-order valence-electron chi connectivity index (χ0n) is 11.6. The quantitative estimate of drug-likeness (QED) is 0.837. The third-order valence-corrected chi connectivity index (χ3v) is 3.54. The van der Waals surface area contributed by atoms with Crippen LogP contribution in [0.4, 0.5) is 0 Å². The summed E-state index contributed by atoms with van der Waals surface area (Å²) < 4.78 is 2.90. The molecule has 0 N–H and O–H groups in total. The monoisotopic (exact) mass is 329 g/mol. The lowest BCUT2D eigenvalue weighted by atomic mass is 9.98. The average molecular weight is 330 g/mol. The molecule has 1 fully saturated rings. The molecule has 19 heavy (non-hydrogen) atoms. The highest BCUT2D eigenvalue weighted by Crippen LogP contribution is 2.24. The maximum Gasteiger partial charge on any atom is 0.330 e. The van der Waals surface area contributed by atoms with Crippen molar-refractivity contribution in [2.75, 3.05) is 13.1 Å². The molecule has 5 nitrogen and oxygen atoms in total. The first-order chi connectivity index (χ1) is 8.86. The lowest BCUT2D eigenvalue weighted by Crippen LogP contribution is -2.40. The van der Waals surface area contributed by atoms with E-state index in [9.17, 15) is 4.79 Å². The van der Waals surface area contributed by atoms with E-state index in [1.807, 2.05) is 31.6 Å². The fourth-order valence-corrected chi connectivity index (χ4v) is 2.29. The first-order valence-corrected chi connectivity index (χ1v) is 7.32. The van der Waals surface area contributed by atoms with E-state index in [0.717, 1.165) is 23.9 Å². The molecule has 0 aliphatic carbocycles. The van der Waals surface area contributed by atoms with Crippen molar-refractivity contribution in [1.82, 2.24) is 14.8 Å². The van der Waals surface area contributed by atoms with E-state index in [4.69, 9.17) is 4.84 Å². The summed E-state index contributed by atoms with van der Waals surface area (Å²) in [5.74, 6) is -0.185. The van der Waals surface area contributed by atoms with E-state index in [0.29, 0.717) is 6.54 Å². The Morgan fingerprint density at radius 2 is 2.26 bits per heavy atom. The van der Waals surface area contributed by atoms with Gasteiger partial charge in [-0.05, 0) is 49.5 Å². The van der Waals surface area contributed by atoms with Gasteiger partial charge >= 0.3 is 5.97 Å². The number of carbonyl (C=O) groups excluding carboxylic acids is 1. The Bertz CT molecular complexity index is 453. The van der Waals surface area contributed by atoms with E-state index in [1.54, 1.807) is 11.3 Å². The van der Waals surface area contributed by atoms with E-state index < -0.39 is 5.41 Å². The van der Waals surface area contributed by atoms with Crippen LogP contribution in [0, 0.1) is 5.41 Å². The van der Waals surface area contributed by atoms with Gasteiger partial charge in [0.1, 0.15) is 0 Å². The summed E-state index contributed by atoms with van der Waals surface area (Å²) in [4.78, 5) is 17.3. The van der Waals surface area contributed by atoms with Gasteiger partial charge in [0.2, 0.25) is 0 Å². The number of hydrogen-bond acceptors (Lipinski definition) is 4. The molecule has 1 saturated heterocycles. The number of hydrogen-bond donors (Lipinski definition) is 0. The Hall–Kier alpha value is -0.880. The van der Waals surface area contributed by atoms with E-state index in [-0.39, 0.29) is 12.0 Å². The van der Waals surface area contributed by atoms with Crippen molar-refractivity contribution in [3.63, 3.8) is 0 Å². The summed E-state index contributed by atoms with van der Waals surface area (Å²) in [6.07, 6.45) is 5.79. The Labute approximate surface area is 122 Å². The van der Waals surface area contributed by atoms with Gasteiger partial charge < -0.3 is 4.84 Å². The van der Waals surface area contributed by atoms with Gasteiger partial charge in [0, 0.05) is 12.7 Å². The molecule has 6 heteroatoms. The van der Waals surface area contributed by atoms with Gasteiger partial charge in [-0.25, -0.2) is 4.79 Å². The first-order valence-electron chi connectivity index (χ1n) is 6.53. The Balaban J connectivity index is 1.96. The summed E-state index contributed by atoms with van der Waals surface area (Å²) in [5.41, 5.74) is -0.471. The van der Waals surface area contributed by atoms with E-state index in [2.05, 4.69) is 21.0 Å². The van der Waals surface area contributed by atoms with Crippen LogP contribution in [-0.4, -0.2) is 33.9 Å². The average Bonchev–Trinajstić information content (AvgIpc) is 2.75. The smallest absolute Gasteiger partial charge is 0.330 e. The second kappa shape index (κ2) is 5.63. The normalized spacial score (nSPS) is 21.4. The van der Waals surface area contributed by atoms with Crippen LogP contribution < -0.4 is 0 Å².